The third kappa shape index (κ3) is 4.35. The zero-order valence-electron chi connectivity index (χ0n) is 14.4. The number of carbonyl (C=O) groups excluding carboxylic acids is 1. The van der Waals surface area contributed by atoms with Gasteiger partial charge in [0.05, 0.1) is 0 Å². The van der Waals surface area contributed by atoms with Crippen molar-refractivity contribution < 1.29 is 4.79 Å². The molecule has 4 nitrogen and oxygen atoms in total. The molecular formula is C19H25N3OS. The minimum Gasteiger partial charge on any atom is -0.353 e. The number of anilines is 1. The first-order valence-corrected chi connectivity index (χ1v) is 9.50. The molecule has 1 aliphatic rings. The molecular weight excluding hydrogens is 318 g/mol. The summed E-state index contributed by atoms with van der Waals surface area (Å²) in [6.45, 7) is 6.17. The predicted molar refractivity (Wildman–Crippen MR) is 99.7 cm³/mol. The number of aryl methyl sites for hydroxylation is 3. The van der Waals surface area contributed by atoms with E-state index in [1.807, 2.05) is 11.6 Å². The van der Waals surface area contributed by atoms with Crippen LogP contribution in [0.15, 0.2) is 29.8 Å². The van der Waals surface area contributed by atoms with Gasteiger partial charge in [0.25, 0.3) is 0 Å². The van der Waals surface area contributed by atoms with E-state index in [2.05, 4.69) is 47.2 Å². The van der Waals surface area contributed by atoms with E-state index >= 15 is 0 Å². The number of aromatic nitrogens is 1. The highest BCUT2D eigenvalue weighted by Crippen LogP contribution is 2.22. The van der Waals surface area contributed by atoms with E-state index in [0.29, 0.717) is 12.5 Å². The number of piperidine rings is 1. The Hall–Kier alpha value is -1.88. The Morgan fingerprint density at radius 3 is 2.75 bits per heavy atom. The number of nitrogens with zero attached hydrogens (tertiary/aromatic N) is 2. The summed E-state index contributed by atoms with van der Waals surface area (Å²) in [5.74, 6) is 0.168. The standard InChI is InChI=1S/C19H25N3OS/c1-14-3-4-16(13-15(14)2)5-6-18(23)21-17-7-10-22(11-8-17)19-20-9-12-24-19/h3-4,9,12-13,17H,5-8,10-11H2,1-2H3,(H,21,23). The molecule has 24 heavy (non-hydrogen) atoms. The Morgan fingerprint density at radius 2 is 2.08 bits per heavy atom. The van der Waals surface area contributed by atoms with Crippen LogP contribution in [0.1, 0.15) is 36.0 Å². The number of thiazole rings is 1. The fourth-order valence-electron chi connectivity index (χ4n) is 3.10. The molecule has 0 bridgehead atoms. The molecule has 1 aromatic heterocycles. The fraction of sp³-hybridized carbons (Fsp3) is 0.474. The van der Waals surface area contributed by atoms with Gasteiger partial charge in [-0.05, 0) is 49.8 Å². The van der Waals surface area contributed by atoms with Crippen molar-refractivity contribution in [1.29, 1.82) is 0 Å². The number of amides is 1. The van der Waals surface area contributed by atoms with Crippen LogP contribution in [0.2, 0.25) is 0 Å². The first-order valence-electron chi connectivity index (χ1n) is 8.62. The summed E-state index contributed by atoms with van der Waals surface area (Å²) >= 11 is 1.68. The number of hydrogen-bond acceptors (Lipinski definition) is 4. The van der Waals surface area contributed by atoms with Crippen LogP contribution in [0.5, 0.6) is 0 Å². The van der Waals surface area contributed by atoms with Crippen LogP contribution in [-0.2, 0) is 11.2 Å². The Bertz CT molecular complexity index is 676. The smallest absolute Gasteiger partial charge is 0.220 e. The number of hydrogen-bond donors (Lipinski definition) is 1. The zero-order chi connectivity index (χ0) is 16.9. The maximum Gasteiger partial charge on any atom is 0.220 e. The largest absolute Gasteiger partial charge is 0.353 e. The maximum absolute atomic E-state index is 12.2. The quantitative estimate of drug-likeness (QED) is 0.904. The van der Waals surface area contributed by atoms with Gasteiger partial charge in [-0.15, -0.1) is 11.3 Å². The van der Waals surface area contributed by atoms with Gasteiger partial charge < -0.3 is 10.2 Å². The van der Waals surface area contributed by atoms with Gasteiger partial charge in [0.1, 0.15) is 0 Å². The Labute approximate surface area is 147 Å². The fourth-order valence-corrected chi connectivity index (χ4v) is 3.80. The molecule has 2 aromatic rings. The van der Waals surface area contributed by atoms with Crippen molar-refractivity contribution in [2.45, 2.75) is 45.6 Å². The summed E-state index contributed by atoms with van der Waals surface area (Å²) in [7, 11) is 0. The summed E-state index contributed by atoms with van der Waals surface area (Å²) in [5, 5.41) is 6.30. The minimum atomic E-state index is 0.168. The molecule has 1 amide bonds. The van der Waals surface area contributed by atoms with Gasteiger partial charge >= 0.3 is 0 Å². The molecule has 0 unspecified atom stereocenters. The molecule has 1 aromatic carbocycles. The lowest BCUT2D eigenvalue weighted by Crippen LogP contribution is -2.44. The highest BCUT2D eigenvalue weighted by Gasteiger charge is 2.21. The normalized spacial score (nSPS) is 15.5. The predicted octanol–water partition coefficient (Wildman–Crippen LogP) is 3.48. The Kier molecular flexibility index (Phi) is 5.51. The van der Waals surface area contributed by atoms with E-state index in [9.17, 15) is 4.79 Å². The summed E-state index contributed by atoms with van der Waals surface area (Å²) in [4.78, 5) is 18.9. The molecule has 1 N–H and O–H groups in total. The molecule has 0 aliphatic carbocycles. The third-order valence-electron chi connectivity index (χ3n) is 4.76. The third-order valence-corrected chi connectivity index (χ3v) is 5.59. The van der Waals surface area contributed by atoms with Crippen LogP contribution in [0.4, 0.5) is 5.13 Å². The SMILES string of the molecule is Cc1ccc(CCC(=O)NC2CCN(c3nccs3)CC2)cc1C. The number of nitrogens with one attached hydrogen (secondary N) is 1. The highest BCUT2D eigenvalue weighted by molar-refractivity contribution is 7.13. The highest BCUT2D eigenvalue weighted by atomic mass is 32.1. The molecule has 2 heterocycles. The van der Waals surface area contributed by atoms with Crippen molar-refractivity contribution in [3.63, 3.8) is 0 Å². The monoisotopic (exact) mass is 343 g/mol. The zero-order valence-corrected chi connectivity index (χ0v) is 15.2. The van der Waals surface area contributed by atoms with Crippen molar-refractivity contribution in [3.8, 4) is 0 Å². The van der Waals surface area contributed by atoms with Crippen LogP contribution in [0.25, 0.3) is 0 Å². The lowest BCUT2D eigenvalue weighted by Gasteiger charge is -2.32. The summed E-state index contributed by atoms with van der Waals surface area (Å²) in [6.07, 6.45) is 5.21. The first-order chi connectivity index (χ1) is 11.6. The Balaban J connectivity index is 1.42. The van der Waals surface area contributed by atoms with Crippen molar-refractivity contribution in [3.05, 3.63) is 46.5 Å². The van der Waals surface area contributed by atoms with E-state index in [0.717, 1.165) is 37.5 Å². The van der Waals surface area contributed by atoms with Gasteiger partial charge in [-0.25, -0.2) is 4.98 Å². The summed E-state index contributed by atoms with van der Waals surface area (Å²) < 4.78 is 0. The average Bonchev–Trinajstić information content (AvgIpc) is 3.11. The molecule has 0 atom stereocenters. The van der Waals surface area contributed by atoms with Crippen LogP contribution in [0.3, 0.4) is 0 Å². The second kappa shape index (κ2) is 7.79. The van der Waals surface area contributed by atoms with E-state index in [1.54, 1.807) is 11.3 Å². The molecule has 128 valence electrons. The van der Waals surface area contributed by atoms with Gasteiger partial charge in [-0.3, -0.25) is 4.79 Å². The lowest BCUT2D eigenvalue weighted by molar-refractivity contribution is -0.121. The topological polar surface area (TPSA) is 45.2 Å². The van der Waals surface area contributed by atoms with Crippen LogP contribution < -0.4 is 10.2 Å². The van der Waals surface area contributed by atoms with Gasteiger partial charge in [0, 0.05) is 37.1 Å². The molecule has 0 saturated carbocycles. The maximum atomic E-state index is 12.2. The van der Waals surface area contributed by atoms with E-state index in [4.69, 9.17) is 0 Å². The number of benzene rings is 1. The second-order valence-electron chi connectivity index (χ2n) is 6.56. The molecule has 1 aliphatic heterocycles. The molecule has 0 spiro atoms. The Morgan fingerprint density at radius 1 is 1.29 bits per heavy atom. The van der Waals surface area contributed by atoms with Crippen molar-refractivity contribution in [1.82, 2.24) is 10.3 Å². The van der Waals surface area contributed by atoms with Crippen molar-refractivity contribution in [2.24, 2.45) is 0 Å². The minimum absolute atomic E-state index is 0.168. The van der Waals surface area contributed by atoms with Crippen molar-refractivity contribution in [2.75, 3.05) is 18.0 Å². The number of carbonyl (C=O) groups is 1. The molecule has 5 heteroatoms. The van der Waals surface area contributed by atoms with Crippen LogP contribution in [-0.4, -0.2) is 30.0 Å². The van der Waals surface area contributed by atoms with Gasteiger partial charge in [-0.2, -0.15) is 0 Å². The summed E-state index contributed by atoms with van der Waals surface area (Å²) in [5.41, 5.74) is 3.84. The van der Waals surface area contributed by atoms with Gasteiger partial charge in [0.2, 0.25) is 5.91 Å². The summed E-state index contributed by atoms with van der Waals surface area (Å²) in [6, 6.07) is 6.75. The number of rotatable bonds is 5. The molecule has 1 fully saturated rings. The van der Waals surface area contributed by atoms with Crippen molar-refractivity contribution >= 4 is 22.4 Å². The van der Waals surface area contributed by atoms with E-state index < -0.39 is 0 Å². The molecule has 1 saturated heterocycles. The average molecular weight is 343 g/mol. The van der Waals surface area contributed by atoms with Crippen LogP contribution >= 0.6 is 11.3 Å². The van der Waals surface area contributed by atoms with Gasteiger partial charge in [0.15, 0.2) is 5.13 Å². The molecule has 3 rings (SSSR count). The molecule has 0 radical (unpaired) electrons. The lowest BCUT2D eigenvalue weighted by atomic mass is 10.0. The second-order valence-corrected chi connectivity index (χ2v) is 7.44. The van der Waals surface area contributed by atoms with E-state index in [-0.39, 0.29) is 5.91 Å². The first kappa shape index (κ1) is 17.0. The van der Waals surface area contributed by atoms with Crippen LogP contribution in [0, 0.1) is 13.8 Å². The van der Waals surface area contributed by atoms with E-state index in [1.165, 1.54) is 16.7 Å². The van der Waals surface area contributed by atoms with Gasteiger partial charge in [-0.1, -0.05) is 18.2 Å².